The minimum absolute atomic E-state index is 0. The molecule has 0 aromatic rings. The Balaban J connectivity index is 0.00000121. The van der Waals surface area contributed by atoms with Crippen LogP contribution < -0.4 is 11.1 Å². The number of hydrogen-bond acceptors (Lipinski definition) is 2. The van der Waals surface area contributed by atoms with Crippen molar-refractivity contribution >= 4 is 18.3 Å². The molecule has 4 heteroatoms. The zero-order chi connectivity index (χ0) is 8.43. The Hall–Kier alpha value is -0.280. The lowest BCUT2D eigenvalue weighted by Crippen LogP contribution is -2.46. The fourth-order valence-electron chi connectivity index (χ4n) is 1.28. The molecule has 1 amide bonds. The normalized spacial score (nSPS) is 27.3. The van der Waals surface area contributed by atoms with Crippen LogP contribution in [-0.2, 0) is 4.79 Å². The van der Waals surface area contributed by atoms with E-state index in [2.05, 4.69) is 5.32 Å². The van der Waals surface area contributed by atoms with E-state index < -0.39 is 0 Å². The van der Waals surface area contributed by atoms with Crippen LogP contribution in [0.5, 0.6) is 0 Å². The molecule has 1 aliphatic carbocycles. The second-order valence-corrected chi connectivity index (χ2v) is 3.59. The summed E-state index contributed by atoms with van der Waals surface area (Å²) in [6.07, 6.45) is 1.72. The Morgan fingerprint density at radius 1 is 1.50 bits per heavy atom. The topological polar surface area (TPSA) is 55.1 Å². The molecule has 0 atom stereocenters. The number of hydrogen-bond donors (Lipinski definition) is 2. The molecule has 0 aromatic carbocycles. The highest BCUT2D eigenvalue weighted by atomic mass is 35.5. The second-order valence-electron chi connectivity index (χ2n) is 3.59. The molecule has 0 heterocycles. The number of rotatable bonds is 2. The average molecular weight is 193 g/mol. The van der Waals surface area contributed by atoms with Gasteiger partial charge in [0.1, 0.15) is 0 Å². The second kappa shape index (κ2) is 4.67. The van der Waals surface area contributed by atoms with Crippen molar-refractivity contribution in [1.29, 1.82) is 0 Å². The maximum atomic E-state index is 11.2. The van der Waals surface area contributed by atoms with Crippen LogP contribution in [0.15, 0.2) is 0 Å². The summed E-state index contributed by atoms with van der Waals surface area (Å²) >= 11 is 0. The van der Waals surface area contributed by atoms with E-state index in [1.807, 2.05) is 13.8 Å². The van der Waals surface area contributed by atoms with Gasteiger partial charge in [-0.1, -0.05) is 0 Å². The van der Waals surface area contributed by atoms with Gasteiger partial charge in [-0.05, 0) is 26.7 Å². The summed E-state index contributed by atoms with van der Waals surface area (Å²) in [5.41, 5.74) is 5.56. The fraction of sp³-hybridized carbons (Fsp3) is 0.875. The molecular weight excluding hydrogens is 176 g/mol. The summed E-state index contributed by atoms with van der Waals surface area (Å²) in [7, 11) is 0. The molecule has 1 saturated carbocycles. The standard InChI is InChI=1S/C8H16N2O.ClH/c1-5(2)10-8(11)6-3-7(9)4-6;/h5-7H,3-4,9H2,1-2H3,(H,10,11);1H. The zero-order valence-electron chi connectivity index (χ0n) is 7.54. The summed E-state index contributed by atoms with van der Waals surface area (Å²) in [4.78, 5) is 11.2. The smallest absolute Gasteiger partial charge is 0.223 e. The van der Waals surface area contributed by atoms with E-state index in [9.17, 15) is 4.79 Å². The van der Waals surface area contributed by atoms with Crippen LogP contribution in [0.25, 0.3) is 0 Å². The first-order valence-corrected chi connectivity index (χ1v) is 4.15. The Kier molecular flexibility index (Phi) is 4.57. The first kappa shape index (κ1) is 11.7. The van der Waals surface area contributed by atoms with Crippen LogP contribution in [0.4, 0.5) is 0 Å². The van der Waals surface area contributed by atoms with Crippen molar-refractivity contribution in [2.45, 2.75) is 38.8 Å². The van der Waals surface area contributed by atoms with E-state index >= 15 is 0 Å². The van der Waals surface area contributed by atoms with E-state index in [0.717, 1.165) is 12.8 Å². The third-order valence-electron chi connectivity index (χ3n) is 1.98. The Morgan fingerprint density at radius 3 is 2.33 bits per heavy atom. The lowest BCUT2D eigenvalue weighted by Gasteiger charge is -2.31. The quantitative estimate of drug-likeness (QED) is 0.676. The highest BCUT2D eigenvalue weighted by Gasteiger charge is 2.31. The Bertz CT molecular complexity index is 155. The molecule has 12 heavy (non-hydrogen) atoms. The number of carbonyl (C=O) groups is 1. The van der Waals surface area contributed by atoms with E-state index in [0.29, 0.717) is 0 Å². The van der Waals surface area contributed by atoms with Crippen LogP contribution in [0.1, 0.15) is 26.7 Å². The fourth-order valence-corrected chi connectivity index (χ4v) is 1.28. The molecule has 1 fully saturated rings. The Morgan fingerprint density at radius 2 is 2.00 bits per heavy atom. The van der Waals surface area contributed by atoms with E-state index in [1.165, 1.54) is 0 Å². The molecule has 0 radical (unpaired) electrons. The average Bonchev–Trinajstić information content (AvgIpc) is 1.79. The largest absolute Gasteiger partial charge is 0.354 e. The maximum Gasteiger partial charge on any atom is 0.223 e. The highest BCUT2D eigenvalue weighted by molar-refractivity contribution is 5.85. The van der Waals surface area contributed by atoms with Gasteiger partial charge < -0.3 is 11.1 Å². The minimum atomic E-state index is 0. The zero-order valence-corrected chi connectivity index (χ0v) is 8.36. The highest BCUT2D eigenvalue weighted by Crippen LogP contribution is 2.25. The van der Waals surface area contributed by atoms with Crippen LogP contribution >= 0.6 is 12.4 Å². The summed E-state index contributed by atoms with van der Waals surface area (Å²) < 4.78 is 0. The van der Waals surface area contributed by atoms with Crippen molar-refractivity contribution in [3.8, 4) is 0 Å². The molecule has 0 aromatic heterocycles. The van der Waals surface area contributed by atoms with Crippen molar-refractivity contribution in [2.75, 3.05) is 0 Å². The number of carbonyl (C=O) groups excluding carboxylic acids is 1. The first-order chi connectivity index (χ1) is 5.09. The van der Waals surface area contributed by atoms with Gasteiger partial charge in [-0.2, -0.15) is 0 Å². The molecule has 0 unspecified atom stereocenters. The minimum Gasteiger partial charge on any atom is -0.354 e. The van der Waals surface area contributed by atoms with Gasteiger partial charge in [-0.25, -0.2) is 0 Å². The van der Waals surface area contributed by atoms with Crippen LogP contribution in [0.2, 0.25) is 0 Å². The molecule has 0 saturated heterocycles. The number of nitrogens with two attached hydrogens (primary N) is 1. The summed E-state index contributed by atoms with van der Waals surface area (Å²) in [6, 6.07) is 0.511. The molecule has 0 aliphatic heterocycles. The third-order valence-corrected chi connectivity index (χ3v) is 1.98. The molecule has 1 aliphatic rings. The van der Waals surface area contributed by atoms with E-state index in [-0.39, 0.29) is 36.3 Å². The van der Waals surface area contributed by atoms with Gasteiger partial charge >= 0.3 is 0 Å². The van der Waals surface area contributed by atoms with E-state index in [1.54, 1.807) is 0 Å². The SMILES string of the molecule is CC(C)NC(=O)C1CC(N)C1.Cl. The Labute approximate surface area is 79.5 Å². The molecule has 1 rings (SSSR count). The molecule has 3 N–H and O–H groups in total. The van der Waals surface area contributed by atoms with Gasteiger partial charge in [0.25, 0.3) is 0 Å². The van der Waals surface area contributed by atoms with E-state index in [4.69, 9.17) is 5.73 Å². The third kappa shape index (κ3) is 2.99. The predicted octanol–water partition coefficient (Wildman–Crippen LogP) is 0.670. The lowest BCUT2D eigenvalue weighted by molar-refractivity contribution is -0.128. The van der Waals surface area contributed by atoms with Crippen LogP contribution in [0, 0.1) is 5.92 Å². The molecule has 3 nitrogen and oxygen atoms in total. The van der Waals surface area contributed by atoms with Gasteiger partial charge in [0, 0.05) is 18.0 Å². The monoisotopic (exact) mass is 192 g/mol. The van der Waals surface area contributed by atoms with Crippen molar-refractivity contribution < 1.29 is 4.79 Å². The van der Waals surface area contributed by atoms with Crippen molar-refractivity contribution in [2.24, 2.45) is 11.7 Å². The summed E-state index contributed by atoms with van der Waals surface area (Å²) in [5, 5.41) is 2.87. The van der Waals surface area contributed by atoms with Gasteiger partial charge in [0.2, 0.25) is 5.91 Å². The number of halogens is 1. The number of amides is 1. The first-order valence-electron chi connectivity index (χ1n) is 4.15. The lowest BCUT2D eigenvalue weighted by atomic mass is 9.80. The van der Waals surface area contributed by atoms with Crippen LogP contribution in [0.3, 0.4) is 0 Å². The summed E-state index contributed by atoms with van der Waals surface area (Å²) in [5.74, 6) is 0.356. The van der Waals surface area contributed by atoms with Crippen LogP contribution in [-0.4, -0.2) is 18.0 Å². The van der Waals surface area contributed by atoms with Gasteiger partial charge in [-0.15, -0.1) is 12.4 Å². The van der Waals surface area contributed by atoms with Gasteiger partial charge in [0.15, 0.2) is 0 Å². The predicted molar refractivity (Wildman–Crippen MR) is 51.2 cm³/mol. The van der Waals surface area contributed by atoms with Gasteiger partial charge in [-0.3, -0.25) is 4.79 Å². The number of nitrogens with one attached hydrogen (secondary N) is 1. The van der Waals surface area contributed by atoms with Crippen molar-refractivity contribution in [3.05, 3.63) is 0 Å². The van der Waals surface area contributed by atoms with Crippen molar-refractivity contribution in [1.82, 2.24) is 5.32 Å². The molecule has 0 spiro atoms. The van der Waals surface area contributed by atoms with Gasteiger partial charge in [0.05, 0.1) is 0 Å². The summed E-state index contributed by atoms with van der Waals surface area (Å²) in [6.45, 7) is 3.94. The molecular formula is C8H17ClN2O. The molecule has 0 bridgehead atoms. The van der Waals surface area contributed by atoms with Crippen molar-refractivity contribution in [3.63, 3.8) is 0 Å². The maximum absolute atomic E-state index is 11.2. The molecule has 72 valence electrons.